The second kappa shape index (κ2) is 18.2. The van der Waals surface area contributed by atoms with Crippen LogP contribution >= 0.6 is 0 Å². The van der Waals surface area contributed by atoms with Crippen LogP contribution < -0.4 is 0 Å². The molecule has 1 aliphatic heterocycles. The Hall–Kier alpha value is -4.79. The standard InChI is InChI=1S/C45H61N5O7/c1-9-24-48(25-16-11-12-17-26-49-40(53)38-32-20-21-33(27-32)39(38)41(49)54)36(51)22-23-37(52)57-30-34-29-50(47-46-34)45(7,8)35(31-18-14-13-15-19-31)28-43(3,4)44(5,6)42(55)56-10-2/h1,13-15,18-21,29,32-33,35,38-39H,10-12,16-17,22-28,30H2,2-8H3/t32-,33+,35?,38+,39?/m1/s1. The van der Waals surface area contributed by atoms with Crippen molar-refractivity contribution in [1.82, 2.24) is 24.8 Å². The molecule has 2 bridgehead atoms. The molecule has 12 heteroatoms. The maximum atomic E-state index is 13.0. The minimum Gasteiger partial charge on any atom is -0.466 e. The molecule has 2 unspecified atom stereocenters. The molecule has 3 amide bonds. The van der Waals surface area contributed by atoms with Crippen molar-refractivity contribution in [3.8, 4) is 12.3 Å². The van der Waals surface area contributed by atoms with Crippen molar-refractivity contribution in [1.29, 1.82) is 0 Å². The first-order valence-electron chi connectivity index (χ1n) is 20.6. The number of terminal acetylenes is 1. The number of amides is 3. The number of benzene rings is 1. The molecule has 2 fully saturated rings. The highest BCUT2D eigenvalue weighted by atomic mass is 16.5. The van der Waals surface area contributed by atoms with Gasteiger partial charge in [-0.15, -0.1) is 11.5 Å². The minimum absolute atomic E-state index is 0.0114. The Balaban J connectivity index is 1.07. The maximum absolute atomic E-state index is 13.0. The zero-order valence-corrected chi connectivity index (χ0v) is 34.9. The summed E-state index contributed by atoms with van der Waals surface area (Å²) in [5, 5.41) is 8.76. The Morgan fingerprint density at radius 2 is 1.58 bits per heavy atom. The Morgan fingerprint density at radius 1 is 0.930 bits per heavy atom. The van der Waals surface area contributed by atoms with E-state index in [0.29, 0.717) is 31.8 Å². The summed E-state index contributed by atoms with van der Waals surface area (Å²) in [4.78, 5) is 67.7. The van der Waals surface area contributed by atoms with Crippen molar-refractivity contribution < 1.29 is 33.4 Å². The summed E-state index contributed by atoms with van der Waals surface area (Å²) >= 11 is 0. The molecule has 5 atom stereocenters. The fraction of sp³-hybridized carbons (Fsp3) is 0.622. The average molecular weight is 784 g/mol. The van der Waals surface area contributed by atoms with E-state index in [2.05, 4.69) is 68.2 Å². The number of nitrogens with zero attached hydrogens (tertiary/aromatic N) is 5. The molecule has 5 rings (SSSR count). The van der Waals surface area contributed by atoms with Crippen LogP contribution in [-0.4, -0.2) is 80.7 Å². The smallest absolute Gasteiger partial charge is 0.312 e. The number of hydrogen-bond acceptors (Lipinski definition) is 9. The number of rotatable bonds is 21. The monoisotopic (exact) mass is 783 g/mol. The fourth-order valence-electron chi connectivity index (χ4n) is 8.73. The predicted molar refractivity (Wildman–Crippen MR) is 215 cm³/mol. The molecule has 1 aromatic heterocycles. The van der Waals surface area contributed by atoms with Gasteiger partial charge in [-0.1, -0.05) is 80.3 Å². The van der Waals surface area contributed by atoms with Gasteiger partial charge in [0.1, 0.15) is 12.3 Å². The fourth-order valence-corrected chi connectivity index (χ4v) is 8.73. The number of likely N-dealkylation sites (tertiary alicyclic amines) is 1. The number of carbonyl (C=O) groups excluding carboxylic acids is 5. The highest BCUT2D eigenvalue weighted by Gasteiger charge is 2.59. The van der Waals surface area contributed by atoms with E-state index < -0.39 is 22.3 Å². The van der Waals surface area contributed by atoms with Gasteiger partial charge in [0.25, 0.3) is 0 Å². The van der Waals surface area contributed by atoms with Crippen molar-refractivity contribution in [3.05, 3.63) is 59.9 Å². The van der Waals surface area contributed by atoms with E-state index in [0.717, 1.165) is 37.7 Å². The van der Waals surface area contributed by atoms with Gasteiger partial charge in [-0.2, -0.15) is 0 Å². The lowest BCUT2D eigenvalue weighted by Crippen LogP contribution is -2.45. The van der Waals surface area contributed by atoms with Gasteiger partial charge in [-0.3, -0.25) is 28.9 Å². The van der Waals surface area contributed by atoms with Gasteiger partial charge in [0.15, 0.2) is 0 Å². The highest BCUT2D eigenvalue weighted by molar-refractivity contribution is 6.06. The molecule has 0 radical (unpaired) electrons. The molecule has 1 saturated carbocycles. The maximum Gasteiger partial charge on any atom is 0.312 e. The van der Waals surface area contributed by atoms with E-state index in [9.17, 15) is 24.0 Å². The van der Waals surface area contributed by atoms with Crippen molar-refractivity contribution >= 4 is 29.7 Å². The zero-order valence-electron chi connectivity index (χ0n) is 34.9. The Kier molecular flexibility index (Phi) is 13.8. The molecule has 1 saturated heterocycles. The SMILES string of the molecule is C#CCN(CCCCCCN1C(=O)C2[C@@H](C1=O)[C@@H]1C=C[C@H]2C1)C(=O)CCC(=O)OCc1cn(C(C)(C)C(CC(C)(C)C(C)(C)C(=O)OCC)c2ccccc2)nn1. The highest BCUT2D eigenvalue weighted by Crippen LogP contribution is 2.53. The molecule has 1 aromatic carbocycles. The summed E-state index contributed by atoms with van der Waals surface area (Å²) in [6.07, 6.45) is 16.1. The summed E-state index contributed by atoms with van der Waals surface area (Å²) in [6, 6.07) is 10.1. The molecule has 3 aliphatic rings. The van der Waals surface area contributed by atoms with Crippen LogP contribution in [0, 0.1) is 46.8 Å². The molecule has 2 aromatic rings. The van der Waals surface area contributed by atoms with Crippen molar-refractivity contribution in [2.75, 3.05) is 26.2 Å². The van der Waals surface area contributed by atoms with E-state index in [1.807, 2.05) is 39.0 Å². The van der Waals surface area contributed by atoms with Gasteiger partial charge in [0, 0.05) is 25.4 Å². The van der Waals surface area contributed by atoms with E-state index >= 15 is 0 Å². The Bertz CT molecular complexity index is 1810. The van der Waals surface area contributed by atoms with Crippen molar-refractivity contribution in [3.63, 3.8) is 0 Å². The first kappa shape index (κ1) is 43.3. The van der Waals surface area contributed by atoms with E-state index in [1.165, 1.54) is 4.90 Å². The number of hydrogen-bond donors (Lipinski definition) is 0. The molecule has 0 spiro atoms. The quantitative estimate of drug-likeness (QED) is 0.0459. The van der Waals surface area contributed by atoms with Gasteiger partial charge < -0.3 is 14.4 Å². The van der Waals surface area contributed by atoms with Crippen LogP contribution in [0.3, 0.4) is 0 Å². The van der Waals surface area contributed by atoms with Crippen LogP contribution in [0.2, 0.25) is 0 Å². The first-order chi connectivity index (χ1) is 27.0. The van der Waals surface area contributed by atoms with Crippen LogP contribution in [0.1, 0.15) is 117 Å². The average Bonchev–Trinajstić information content (AvgIpc) is 3.98. The second-order valence-corrected chi connectivity index (χ2v) is 17.6. The summed E-state index contributed by atoms with van der Waals surface area (Å²) in [7, 11) is 0. The lowest BCUT2D eigenvalue weighted by Gasteiger charge is -2.45. The Morgan fingerprint density at radius 3 is 2.21 bits per heavy atom. The van der Waals surface area contributed by atoms with Gasteiger partial charge in [-0.25, -0.2) is 4.68 Å². The Labute approximate surface area is 338 Å². The summed E-state index contributed by atoms with van der Waals surface area (Å²) in [5.74, 6) is 1.56. The molecule has 12 nitrogen and oxygen atoms in total. The normalized spacial score (nSPS) is 20.7. The van der Waals surface area contributed by atoms with E-state index in [-0.39, 0.29) is 79.3 Å². The number of carbonyl (C=O) groups is 5. The van der Waals surface area contributed by atoms with Crippen LogP contribution in [0.4, 0.5) is 0 Å². The number of aromatic nitrogens is 3. The van der Waals surface area contributed by atoms with Gasteiger partial charge in [0.05, 0.1) is 48.6 Å². The van der Waals surface area contributed by atoms with Crippen LogP contribution in [-0.2, 0) is 45.6 Å². The molecule has 0 N–H and O–H groups in total. The topological polar surface area (TPSA) is 141 Å². The lowest BCUT2D eigenvalue weighted by molar-refractivity contribution is -0.161. The number of allylic oxidation sites excluding steroid dienone is 2. The summed E-state index contributed by atoms with van der Waals surface area (Å²) in [5.41, 5.74) is -0.236. The third-order valence-corrected chi connectivity index (χ3v) is 13.1. The van der Waals surface area contributed by atoms with Gasteiger partial charge in [-0.05, 0) is 83.1 Å². The largest absolute Gasteiger partial charge is 0.466 e. The minimum atomic E-state index is -0.759. The molecule has 57 heavy (non-hydrogen) atoms. The van der Waals surface area contributed by atoms with Crippen molar-refractivity contribution in [2.24, 2.45) is 34.5 Å². The number of fused-ring (bicyclic) bond motifs is 5. The van der Waals surface area contributed by atoms with Gasteiger partial charge in [0.2, 0.25) is 17.7 Å². The molecule has 2 aliphatic carbocycles. The summed E-state index contributed by atoms with van der Waals surface area (Å²) < 4.78 is 12.8. The van der Waals surface area contributed by atoms with E-state index in [4.69, 9.17) is 15.9 Å². The summed E-state index contributed by atoms with van der Waals surface area (Å²) in [6.45, 7) is 15.3. The lowest BCUT2D eigenvalue weighted by atomic mass is 9.61. The zero-order chi connectivity index (χ0) is 41.5. The number of ether oxygens (including phenoxy) is 2. The van der Waals surface area contributed by atoms with Crippen molar-refractivity contribution in [2.45, 2.75) is 118 Å². The second-order valence-electron chi connectivity index (χ2n) is 17.6. The third-order valence-electron chi connectivity index (χ3n) is 13.1. The number of imide groups is 1. The van der Waals surface area contributed by atoms with E-state index in [1.54, 1.807) is 15.8 Å². The number of esters is 2. The van der Waals surface area contributed by atoms with Crippen LogP contribution in [0.5, 0.6) is 0 Å². The number of unbranched alkanes of at least 4 members (excludes halogenated alkanes) is 3. The van der Waals surface area contributed by atoms with Crippen LogP contribution in [0.25, 0.3) is 0 Å². The van der Waals surface area contributed by atoms with Gasteiger partial charge >= 0.3 is 11.9 Å². The molecule has 308 valence electrons. The predicted octanol–water partition coefficient (Wildman–Crippen LogP) is 6.46. The molecular formula is C45H61N5O7. The molecule has 2 heterocycles. The molecular weight excluding hydrogens is 723 g/mol. The third kappa shape index (κ3) is 9.51. The van der Waals surface area contributed by atoms with Crippen LogP contribution in [0.15, 0.2) is 48.7 Å². The first-order valence-corrected chi connectivity index (χ1v) is 20.6.